The number of anilines is 1. The Balaban J connectivity index is 1.37. The molecule has 0 saturated heterocycles. The molecule has 22 heavy (non-hydrogen) atoms. The third-order valence-corrected chi connectivity index (χ3v) is 5.84. The zero-order valence-corrected chi connectivity index (χ0v) is 13.0. The van der Waals surface area contributed by atoms with Gasteiger partial charge in [0.2, 0.25) is 5.91 Å². The van der Waals surface area contributed by atoms with Crippen LogP contribution in [0.15, 0.2) is 30.5 Å². The van der Waals surface area contributed by atoms with Gasteiger partial charge in [0.05, 0.1) is 0 Å². The summed E-state index contributed by atoms with van der Waals surface area (Å²) in [5.41, 5.74) is 1.39. The molecule has 2 aliphatic rings. The number of thiazole rings is 1. The van der Waals surface area contributed by atoms with Crippen LogP contribution in [0.2, 0.25) is 0 Å². The molecule has 1 amide bonds. The van der Waals surface area contributed by atoms with Crippen LogP contribution in [0, 0.1) is 17.2 Å². The number of amides is 1. The molecule has 4 rings (SSSR count). The van der Waals surface area contributed by atoms with Gasteiger partial charge in [0.1, 0.15) is 5.82 Å². The number of hydrogen-bond acceptors (Lipinski definition) is 3. The van der Waals surface area contributed by atoms with E-state index in [1.165, 1.54) is 42.7 Å². The first kappa shape index (κ1) is 13.9. The molecule has 0 unspecified atom stereocenters. The summed E-state index contributed by atoms with van der Waals surface area (Å²) in [5.74, 6) is 0.100. The van der Waals surface area contributed by atoms with E-state index in [2.05, 4.69) is 10.3 Å². The Morgan fingerprint density at radius 1 is 1.36 bits per heavy atom. The molecule has 3 nitrogen and oxygen atoms in total. The Morgan fingerprint density at radius 2 is 2.14 bits per heavy atom. The van der Waals surface area contributed by atoms with E-state index in [1.54, 1.807) is 18.3 Å². The lowest BCUT2D eigenvalue weighted by Gasteiger charge is -2.26. The largest absolute Gasteiger partial charge is 0.302 e. The zero-order valence-electron chi connectivity index (χ0n) is 12.1. The maximum atomic E-state index is 12.9. The maximum Gasteiger partial charge on any atom is 0.229 e. The fourth-order valence-electron chi connectivity index (χ4n) is 3.34. The van der Waals surface area contributed by atoms with E-state index in [9.17, 15) is 9.18 Å². The molecule has 0 radical (unpaired) electrons. The smallest absolute Gasteiger partial charge is 0.229 e. The van der Waals surface area contributed by atoms with Gasteiger partial charge in [-0.15, -0.1) is 11.3 Å². The monoisotopic (exact) mass is 316 g/mol. The van der Waals surface area contributed by atoms with Gasteiger partial charge in [-0.1, -0.05) is 18.6 Å². The van der Waals surface area contributed by atoms with Crippen molar-refractivity contribution in [1.29, 1.82) is 0 Å². The quantitative estimate of drug-likeness (QED) is 0.926. The number of carbonyl (C=O) groups excluding carboxylic acids is 1. The van der Waals surface area contributed by atoms with Crippen molar-refractivity contribution < 1.29 is 9.18 Å². The molecule has 2 aromatic rings. The summed E-state index contributed by atoms with van der Waals surface area (Å²) in [5, 5.41) is 3.62. The zero-order chi connectivity index (χ0) is 15.2. The minimum Gasteiger partial charge on any atom is -0.302 e. The summed E-state index contributed by atoms with van der Waals surface area (Å²) in [4.78, 5) is 17.6. The van der Waals surface area contributed by atoms with Crippen LogP contribution in [0.3, 0.4) is 0 Å². The van der Waals surface area contributed by atoms with Crippen molar-refractivity contribution in [2.45, 2.75) is 32.1 Å². The number of aromatic nitrogens is 1. The molecule has 1 aromatic carbocycles. The topological polar surface area (TPSA) is 42.0 Å². The van der Waals surface area contributed by atoms with Gasteiger partial charge in [0.25, 0.3) is 0 Å². The van der Waals surface area contributed by atoms with Gasteiger partial charge in [0, 0.05) is 23.4 Å². The molecular weight excluding hydrogens is 299 g/mol. The minimum atomic E-state index is -0.227. The van der Waals surface area contributed by atoms with E-state index in [-0.39, 0.29) is 17.6 Å². The van der Waals surface area contributed by atoms with Crippen LogP contribution in [0.5, 0.6) is 0 Å². The second kappa shape index (κ2) is 5.16. The number of carbonyl (C=O) groups is 1. The van der Waals surface area contributed by atoms with Crippen molar-refractivity contribution in [2.75, 3.05) is 5.32 Å². The molecule has 0 bridgehead atoms. The van der Waals surface area contributed by atoms with Crippen LogP contribution in [-0.2, 0) is 11.2 Å². The normalized spacial score (nSPS) is 21.4. The van der Waals surface area contributed by atoms with Crippen LogP contribution in [0.4, 0.5) is 9.52 Å². The van der Waals surface area contributed by atoms with Gasteiger partial charge in [-0.05, 0) is 42.4 Å². The van der Waals surface area contributed by atoms with Gasteiger partial charge in [-0.2, -0.15) is 0 Å². The van der Waals surface area contributed by atoms with E-state index in [0.29, 0.717) is 17.0 Å². The number of rotatable bonds is 4. The second-order valence-electron chi connectivity index (χ2n) is 6.40. The lowest BCUT2D eigenvalue weighted by molar-refractivity contribution is -0.118. The Hall–Kier alpha value is -1.75. The fourth-order valence-corrected chi connectivity index (χ4v) is 4.19. The standard InChI is InChI=1S/C17H17FN2OS/c18-12-4-2-11(3-5-12)8-13-10-19-16(22-13)20-15(21)14-9-17(14)6-1-7-17/h2-5,10,14H,1,6-9H2,(H,19,20,21)/t14-/m1/s1. The molecule has 1 heterocycles. The molecule has 1 atom stereocenters. The van der Waals surface area contributed by atoms with E-state index in [4.69, 9.17) is 0 Å². The summed E-state index contributed by atoms with van der Waals surface area (Å²) in [6.07, 6.45) is 7.23. The Bertz CT molecular complexity index is 706. The van der Waals surface area contributed by atoms with Crippen molar-refractivity contribution >= 4 is 22.4 Å². The predicted molar refractivity (Wildman–Crippen MR) is 84.3 cm³/mol. The Kier molecular flexibility index (Phi) is 3.26. The fraction of sp³-hybridized carbons (Fsp3) is 0.412. The summed E-state index contributed by atoms with van der Waals surface area (Å²) in [7, 11) is 0. The summed E-state index contributed by atoms with van der Waals surface area (Å²) in [6.45, 7) is 0. The lowest BCUT2D eigenvalue weighted by Crippen LogP contribution is -2.23. The van der Waals surface area contributed by atoms with E-state index < -0.39 is 0 Å². The third-order valence-electron chi connectivity index (χ3n) is 4.93. The van der Waals surface area contributed by atoms with Crippen LogP contribution in [0.1, 0.15) is 36.1 Å². The van der Waals surface area contributed by atoms with Gasteiger partial charge in [-0.3, -0.25) is 4.79 Å². The summed E-state index contributed by atoms with van der Waals surface area (Å²) < 4.78 is 12.9. The molecule has 5 heteroatoms. The second-order valence-corrected chi connectivity index (χ2v) is 7.51. The predicted octanol–water partition coefficient (Wildman–Crippen LogP) is 4.00. The average Bonchev–Trinajstić information content (AvgIpc) is 3.11. The summed E-state index contributed by atoms with van der Waals surface area (Å²) >= 11 is 1.49. The van der Waals surface area contributed by atoms with Crippen LogP contribution >= 0.6 is 11.3 Å². The van der Waals surface area contributed by atoms with Gasteiger partial charge in [-0.25, -0.2) is 9.37 Å². The van der Waals surface area contributed by atoms with Gasteiger partial charge < -0.3 is 5.32 Å². The molecule has 1 spiro atoms. The Morgan fingerprint density at radius 3 is 2.77 bits per heavy atom. The first-order valence-corrected chi connectivity index (χ1v) is 8.46. The van der Waals surface area contributed by atoms with Gasteiger partial charge >= 0.3 is 0 Å². The minimum absolute atomic E-state index is 0.127. The molecule has 0 aliphatic heterocycles. The molecule has 2 saturated carbocycles. The first-order valence-electron chi connectivity index (χ1n) is 7.65. The highest BCUT2D eigenvalue weighted by Gasteiger charge is 2.60. The maximum absolute atomic E-state index is 12.9. The number of benzene rings is 1. The van der Waals surface area contributed by atoms with Crippen LogP contribution in [0.25, 0.3) is 0 Å². The highest BCUT2D eigenvalue weighted by molar-refractivity contribution is 7.15. The SMILES string of the molecule is O=C(Nc1ncc(Cc2ccc(F)cc2)s1)[C@H]1CC12CCC2. The van der Waals surface area contributed by atoms with E-state index >= 15 is 0 Å². The van der Waals surface area contributed by atoms with Crippen LogP contribution < -0.4 is 5.32 Å². The lowest BCUT2D eigenvalue weighted by atomic mass is 9.80. The van der Waals surface area contributed by atoms with Crippen molar-refractivity contribution in [1.82, 2.24) is 4.98 Å². The summed E-state index contributed by atoms with van der Waals surface area (Å²) in [6, 6.07) is 6.48. The van der Waals surface area contributed by atoms with Gasteiger partial charge in [0.15, 0.2) is 5.13 Å². The number of nitrogens with zero attached hydrogens (tertiary/aromatic N) is 1. The third kappa shape index (κ3) is 2.54. The van der Waals surface area contributed by atoms with Crippen molar-refractivity contribution in [3.8, 4) is 0 Å². The molecule has 2 fully saturated rings. The number of halogens is 1. The highest BCUT2D eigenvalue weighted by atomic mass is 32.1. The molecular formula is C17H17FN2OS. The molecule has 1 N–H and O–H groups in total. The molecule has 2 aliphatic carbocycles. The van der Waals surface area contributed by atoms with Crippen molar-refractivity contribution in [2.24, 2.45) is 11.3 Å². The number of hydrogen-bond donors (Lipinski definition) is 1. The van der Waals surface area contributed by atoms with Crippen molar-refractivity contribution in [3.05, 3.63) is 46.7 Å². The Labute approximate surface area is 132 Å². The van der Waals surface area contributed by atoms with E-state index in [1.807, 2.05) is 0 Å². The molecule has 114 valence electrons. The van der Waals surface area contributed by atoms with E-state index in [0.717, 1.165) is 16.9 Å². The average molecular weight is 316 g/mol. The van der Waals surface area contributed by atoms with Crippen LogP contribution in [-0.4, -0.2) is 10.9 Å². The highest BCUT2D eigenvalue weighted by Crippen LogP contribution is 2.65. The number of nitrogens with one attached hydrogen (secondary N) is 1. The molecule has 1 aromatic heterocycles. The first-order chi connectivity index (χ1) is 10.6. The van der Waals surface area contributed by atoms with Crippen molar-refractivity contribution in [3.63, 3.8) is 0 Å².